The summed E-state index contributed by atoms with van der Waals surface area (Å²) in [7, 11) is 0. The molecule has 1 aliphatic heterocycles. The summed E-state index contributed by atoms with van der Waals surface area (Å²) in [6, 6.07) is 2.31. The van der Waals surface area contributed by atoms with Gasteiger partial charge in [-0.15, -0.1) is 0 Å². The molecule has 0 amide bonds. The second-order valence-corrected chi connectivity index (χ2v) is 7.48. The number of nitrogens with zero attached hydrogens (tertiary/aromatic N) is 1. The summed E-state index contributed by atoms with van der Waals surface area (Å²) in [5.74, 6) is 2.51. The zero-order chi connectivity index (χ0) is 14.0. The molecule has 0 aromatic rings. The summed E-state index contributed by atoms with van der Waals surface area (Å²) >= 11 is 0. The molecule has 2 rings (SSSR count). The van der Waals surface area contributed by atoms with Gasteiger partial charge < -0.3 is 5.32 Å². The van der Waals surface area contributed by atoms with Crippen molar-refractivity contribution in [2.45, 2.75) is 78.4 Å². The van der Waals surface area contributed by atoms with E-state index in [1.165, 1.54) is 38.8 Å². The fraction of sp³-hybridized carbons (Fsp3) is 1.00. The Bertz CT molecular complexity index is 276. The fourth-order valence-electron chi connectivity index (χ4n) is 4.00. The first-order valence-electron chi connectivity index (χ1n) is 8.52. The molecule has 2 nitrogen and oxygen atoms in total. The predicted octanol–water partition coefficient (Wildman–Crippen LogP) is 3.52. The van der Waals surface area contributed by atoms with Crippen molar-refractivity contribution >= 4 is 0 Å². The van der Waals surface area contributed by atoms with Gasteiger partial charge in [-0.05, 0) is 37.0 Å². The molecule has 19 heavy (non-hydrogen) atoms. The normalized spacial score (nSPS) is 38.8. The lowest BCUT2D eigenvalue weighted by atomic mass is 9.90. The molecule has 5 atom stereocenters. The first kappa shape index (κ1) is 15.3. The second kappa shape index (κ2) is 6.58. The van der Waals surface area contributed by atoms with E-state index in [2.05, 4.69) is 44.8 Å². The molecule has 2 aliphatic rings. The highest BCUT2D eigenvalue weighted by Crippen LogP contribution is 2.33. The van der Waals surface area contributed by atoms with Crippen molar-refractivity contribution in [2.24, 2.45) is 17.8 Å². The summed E-state index contributed by atoms with van der Waals surface area (Å²) in [4.78, 5) is 2.88. The molecule has 0 aromatic heterocycles. The minimum absolute atomic E-state index is 0.705. The quantitative estimate of drug-likeness (QED) is 0.837. The average Bonchev–Trinajstić information content (AvgIpc) is 2.83. The molecule has 1 saturated carbocycles. The van der Waals surface area contributed by atoms with Gasteiger partial charge in [0, 0.05) is 31.2 Å². The van der Waals surface area contributed by atoms with Crippen LogP contribution in [0.5, 0.6) is 0 Å². The maximum atomic E-state index is 3.82. The van der Waals surface area contributed by atoms with Crippen molar-refractivity contribution in [3.8, 4) is 0 Å². The largest absolute Gasteiger partial charge is 0.311 e. The Morgan fingerprint density at radius 3 is 2.47 bits per heavy atom. The minimum Gasteiger partial charge on any atom is -0.311 e. The maximum Gasteiger partial charge on any atom is 0.0247 e. The number of rotatable bonds is 4. The predicted molar refractivity (Wildman–Crippen MR) is 83.4 cm³/mol. The Hall–Kier alpha value is -0.0800. The highest BCUT2D eigenvalue weighted by molar-refractivity contribution is 4.94. The van der Waals surface area contributed by atoms with Gasteiger partial charge in [0.25, 0.3) is 0 Å². The van der Waals surface area contributed by atoms with Crippen LogP contribution in [0.1, 0.15) is 60.3 Å². The van der Waals surface area contributed by atoms with Gasteiger partial charge in [0.1, 0.15) is 0 Å². The van der Waals surface area contributed by atoms with E-state index in [1.54, 1.807) is 0 Å². The van der Waals surface area contributed by atoms with Crippen molar-refractivity contribution in [3.05, 3.63) is 0 Å². The first-order valence-corrected chi connectivity index (χ1v) is 8.52. The van der Waals surface area contributed by atoms with Crippen molar-refractivity contribution in [3.63, 3.8) is 0 Å². The molecular formula is C17H34N2. The first-order chi connectivity index (χ1) is 9.02. The van der Waals surface area contributed by atoms with Crippen molar-refractivity contribution in [1.29, 1.82) is 0 Å². The van der Waals surface area contributed by atoms with Crippen LogP contribution >= 0.6 is 0 Å². The van der Waals surface area contributed by atoms with E-state index in [-0.39, 0.29) is 0 Å². The van der Waals surface area contributed by atoms with Crippen molar-refractivity contribution in [1.82, 2.24) is 10.2 Å². The van der Waals surface area contributed by atoms with Crippen LogP contribution in [-0.4, -0.2) is 36.1 Å². The van der Waals surface area contributed by atoms with Crippen LogP contribution in [0.2, 0.25) is 0 Å². The smallest absolute Gasteiger partial charge is 0.0247 e. The summed E-state index contributed by atoms with van der Waals surface area (Å²) in [6.45, 7) is 14.4. The molecule has 1 N–H and O–H groups in total. The molecule has 0 bridgehead atoms. The lowest BCUT2D eigenvalue weighted by Crippen LogP contribution is -2.62. The van der Waals surface area contributed by atoms with Crippen LogP contribution in [0.3, 0.4) is 0 Å². The molecule has 2 heteroatoms. The number of nitrogens with one attached hydrogen (secondary N) is 1. The Morgan fingerprint density at radius 2 is 1.95 bits per heavy atom. The van der Waals surface area contributed by atoms with E-state index in [9.17, 15) is 0 Å². The summed E-state index contributed by atoms with van der Waals surface area (Å²) in [6.07, 6.45) is 5.58. The van der Waals surface area contributed by atoms with Gasteiger partial charge in [-0.2, -0.15) is 0 Å². The van der Waals surface area contributed by atoms with Gasteiger partial charge in [0.15, 0.2) is 0 Å². The van der Waals surface area contributed by atoms with Crippen LogP contribution in [0.4, 0.5) is 0 Å². The van der Waals surface area contributed by atoms with Crippen LogP contribution < -0.4 is 5.32 Å². The zero-order valence-electron chi connectivity index (χ0n) is 13.7. The van der Waals surface area contributed by atoms with E-state index in [4.69, 9.17) is 0 Å². The molecule has 0 radical (unpaired) electrons. The van der Waals surface area contributed by atoms with Gasteiger partial charge >= 0.3 is 0 Å². The maximum absolute atomic E-state index is 3.82. The lowest BCUT2D eigenvalue weighted by Gasteiger charge is -2.47. The fourth-order valence-corrected chi connectivity index (χ4v) is 4.00. The zero-order valence-corrected chi connectivity index (χ0v) is 13.7. The molecule has 112 valence electrons. The van der Waals surface area contributed by atoms with E-state index in [0.29, 0.717) is 6.04 Å². The molecule has 0 spiro atoms. The molecule has 1 aliphatic carbocycles. The Morgan fingerprint density at radius 1 is 1.21 bits per heavy atom. The number of hydrogen-bond donors (Lipinski definition) is 1. The highest BCUT2D eigenvalue weighted by Gasteiger charge is 2.37. The number of hydrogen-bond acceptors (Lipinski definition) is 2. The van der Waals surface area contributed by atoms with Gasteiger partial charge in [0.2, 0.25) is 0 Å². The Kier molecular flexibility index (Phi) is 5.30. The van der Waals surface area contributed by atoms with Crippen molar-refractivity contribution < 1.29 is 0 Å². The molecule has 5 unspecified atom stereocenters. The third kappa shape index (κ3) is 3.52. The second-order valence-electron chi connectivity index (χ2n) is 7.48. The molecule has 1 saturated heterocycles. The standard InChI is InChI=1S/C17H34N2/c1-6-14(5)16-11-19(15-8-7-13(4)9-15)17(10-18-16)12(2)3/h12-18H,6-11H2,1-5H3. The topological polar surface area (TPSA) is 15.3 Å². The minimum atomic E-state index is 0.705. The van der Waals surface area contributed by atoms with Gasteiger partial charge in [-0.3, -0.25) is 4.90 Å². The Balaban J connectivity index is 2.04. The molecule has 2 fully saturated rings. The number of piperazine rings is 1. The highest BCUT2D eigenvalue weighted by atomic mass is 15.3. The third-order valence-corrected chi connectivity index (χ3v) is 5.66. The molecule has 1 heterocycles. The van der Waals surface area contributed by atoms with Crippen LogP contribution in [0.15, 0.2) is 0 Å². The van der Waals surface area contributed by atoms with E-state index >= 15 is 0 Å². The van der Waals surface area contributed by atoms with Gasteiger partial charge in [-0.25, -0.2) is 0 Å². The van der Waals surface area contributed by atoms with Crippen LogP contribution in [0, 0.1) is 17.8 Å². The van der Waals surface area contributed by atoms with E-state index < -0.39 is 0 Å². The summed E-state index contributed by atoms with van der Waals surface area (Å²) < 4.78 is 0. The SMILES string of the molecule is CCC(C)C1CN(C2CCC(C)C2)C(C(C)C)CN1. The third-order valence-electron chi connectivity index (χ3n) is 5.66. The van der Waals surface area contributed by atoms with Crippen LogP contribution in [0.25, 0.3) is 0 Å². The van der Waals surface area contributed by atoms with E-state index in [0.717, 1.165) is 29.8 Å². The summed E-state index contributed by atoms with van der Waals surface area (Å²) in [5.41, 5.74) is 0. The van der Waals surface area contributed by atoms with Crippen molar-refractivity contribution in [2.75, 3.05) is 13.1 Å². The Labute approximate surface area is 120 Å². The lowest BCUT2D eigenvalue weighted by molar-refractivity contribution is 0.0440. The van der Waals surface area contributed by atoms with E-state index in [1.807, 2.05) is 0 Å². The van der Waals surface area contributed by atoms with Gasteiger partial charge in [-0.1, -0.05) is 41.0 Å². The van der Waals surface area contributed by atoms with Crippen LogP contribution in [-0.2, 0) is 0 Å². The van der Waals surface area contributed by atoms with Gasteiger partial charge in [0.05, 0.1) is 0 Å². The molecule has 0 aromatic carbocycles. The average molecular weight is 266 g/mol. The summed E-state index contributed by atoms with van der Waals surface area (Å²) in [5, 5.41) is 3.82. The monoisotopic (exact) mass is 266 g/mol. The molecular weight excluding hydrogens is 232 g/mol.